The van der Waals surface area contributed by atoms with Gasteiger partial charge in [-0.25, -0.2) is 0 Å². The fourth-order valence-corrected chi connectivity index (χ4v) is 2.54. The maximum absolute atomic E-state index is 2.43. The Kier molecular flexibility index (Phi) is 5.42. The first-order valence-corrected chi connectivity index (χ1v) is 6.76. The highest BCUT2D eigenvalue weighted by Crippen LogP contribution is 2.28. The lowest BCUT2D eigenvalue weighted by atomic mass is 9.82. The van der Waals surface area contributed by atoms with Crippen LogP contribution in [0.1, 0.15) is 59.8 Å². The van der Waals surface area contributed by atoms with Gasteiger partial charge in [0.25, 0.3) is 0 Å². The standard InChI is InChI=1S/C15H28/c1-12(2)15-10-8-13(3)6-5-7-14(4)9-11-15/h5-6,12-15H,7-11H2,1-4H3/t13-,14-,15-/m0/s1. The second-order valence-electron chi connectivity index (χ2n) is 5.91. The first-order valence-electron chi connectivity index (χ1n) is 6.76. The summed E-state index contributed by atoms with van der Waals surface area (Å²) in [6, 6.07) is 0. The van der Waals surface area contributed by atoms with E-state index in [0.29, 0.717) is 0 Å². The Morgan fingerprint density at radius 3 is 2.33 bits per heavy atom. The van der Waals surface area contributed by atoms with Gasteiger partial charge in [0.05, 0.1) is 0 Å². The average molecular weight is 208 g/mol. The summed E-state index contributed by atoms with van der Waals surface area (Å²) >= 11 is 0. The molecule has 0 aromatic heterocycles. The first kappa shape index (κ1) is 12.8. The van der Waals surface area contributed by atoms with Gasteiger partial charge >= 0.3 is 0 Å². The molecule has 0 aromatic carbocycles. The van der Waals surface area contributed by atoms with E-state index in [-0.39, 0.29) is 0 Å². The Labute approximate surface area is 96.2 Å². The molecule has 0 aliphatic heterocycles. The normalized spacial score (nSPS) is 34.3. The third-order valence-corrected chi connectivity index (χ3v) is 3.97. The molecule has 3 atom stereocenters. The van der Waals surface area contributed by atoms with Gasteiger partial charge in [-0.3, -0.25) is 0 Å². The van der Waals surface area contributed by atoms with Crippen molar-refractivity contribution in [2.24, 2.45) is 23.7 Å². The summed E-state index contributed by atoms with van der Waals surface area (Å²) < 4.78 is 0. The Bertz CT molecular complexity index is 190. The molecule has 0 spiro atoms. The SMILES string of the molecule is CC(C)[C@@H]1CC[C@@H](C)CC=C[C@H](C)CC1. The smallest absolute Gasteiger partial charge is 0.0262 e. The van der Waals surface area contributed by atoms with E-state index in [2.05, 4.69) is 39.8 Å². The fraction of sp³-hybridized carbons (Fsp3) is 0.867. The Morgan fingerprint density at radius 2 is 1.67 bits per heavy atom. The fourth-order valence-electron chi connectivity index (χ4n) is 2.54. The maximum atomic E-state index is 2.43. The van der Waals surface area contributed by atoms with Gasteiger partial charge in [-0.1, -0.05) is 46.3 Å². The van der Waals surface area contributed by atoms with E-state index in [9.17, 15) is 0 Å². The lowest BCUT2D eigenvalue weighted by Crippen LogP contribution is -2.12. The van der Waals surface area contributed by atoms with Gasteiger partial charge in [-0.15, -0.1) is 0 Å². The van der Waals surface area contributed by atoms with Crippen molar-refractivity contribution in [1.29, 1.82) is 0 Å². The van der Waals surface area contributed by atoms with Crippen molar-refractivity contribution in [2.45, 2.75) is 59.8 Å². The number of hydrogen-bond donors (Lipinski definition) is 0. The molecule has 0 heteroatoms. The van der Waals surface area contributed by atoms with Crippen LogP contribution in [0.3, 0.4) is 0 Å². The molecule has 1 aliphatic rings. The molecule has 0 N–H and O–H groups in total. The van der Waals surface area contributed by atoms with Crippen molar-refractivity contribution < 1.29 is 0 Å². The zero-order chi connectivity index (χ0) is 11.3. The zero-order valence-corrected chi connectivity index (χ0v) is 11.0. The lowest BCUT2D eigenvalue weighted by Gasteiger charge is -2.24. The van der Waals surface area contributed by atoms with Crippen LogP contribution in [-0.2, 0) is 0 Å². The van der Waals surface area contributed by atoms with Crippen LogP contribution in [-0.4, -0.2) is 0 Å². The molecule has 0 aromatic rings. The van der Waals surface area contributed by atoms with Gasteiger partial charge in [0.2, 0.25) is 0 Å². The van der Waals surface area contributed by atoms with Crippen LogP contribution in [0.2, 0.25) is 0 Å². The lowest BCUT2D eigenvalue weighted by molar-refractivity contribution is 0.290. The van der Waals surface area contributed by atoms with Crippen LogP contribution in [0.4, 0.5) is 0 Å². The van der Waals surface area contributed by atoms with Gasteiger partial charge in [0.1, 0.15) is 0 Å². The van der Waals surface area contributed by atoms with Gasteiger partial charge in [-0.2, -0.15) is 0 Å². The molecule has 0 unspecified atom stereocenters. The molecule has 0 saturated heterocycles. The highest BCUT2D eigenvalue weighted by atomic mass is 14.2. The van der Waals surface area contributed by atoms with Crippen molar-refractivity contribution in [3.05, 3.63) is 12.2 Å². The van der Waals surface area contributed by atoms with Gasteiger partial charge in [0.15, 0.2) is 0 Å². The highest BCUT2D eigenvalue weighted by Gasteiger charge is 2.16. The molecule has 1 aliphatic carbocycles. The molecule has 15 heavy (non-hydrogen) atoms. The van der Waals surface area contributed by atoms with Crippen molar-refractivity contribution in [3.63, 3.8) is 0 Å². The number of allylic oxidation sites excluding steroid dienone is 2. The van der Waals surface area contributed by atoms with E-state index in [1.807, 2.05) is 0 Å². The summed E-state index contributed by atoms with van der Waals surface area (Å²) in [4.78, 5) is 0. The van der Waals surface area contributed by atoms with Gasteiger partial charge in [0, 0.05) is 0 Å². The van der Waals surface area contributed by atoms with Gasteiger partial charge < -0.3 is 0 Å². The zero-order valence-electron chi connectivity index (χ0n) is 11.0. The summed E-state index contributed by atoms with van der Waals surface area (Å²) in [5.41, 5.74) is 0. The van der Waals surface area contributed by atoms with Crippen molar-refractivity contribution >= 4 is 0 Å². The van der Waals surface area contributed by atoms with Gasteiger partial charge in [-0.05, 0) is 49.4 Å². The van der Waals surface area contributed by atoms with Crippen LogP contribution in [0.15, 0.2) is 12.2 Å². The summed E-state index contributed by atoms with van der Waals surface area (Å²) in [7, 11) is 0. The van der Waals surface area contributed by atoms with Crippen molar-refractivity contribution in [3.8, 4) is 0 Å². The topological polar surface area (TPSA) is 0 Å². The summed E-state index contributed by atoms with van der Waals surface area (Å²) in [6.07, 6.45) is 11.8. The Hall–Kier alpha value is -0.260. The third-order valence-electron chi connectivity index (χ3n) is 3.97. The van der Waals surface area contributed by atoms with Crippen LogP contribution in [0.25, 0.3) is 0 Å². The van der Waals surface area contributed by atoms with E-state index >= 15 is 0 Å². The van der Waals surface area contributed by atoms with Crippen LogP contribution in [0, 0.1) is 23.7 Å². The summed E-state index contributed by atoms with van der Waals surface area (Å²) in [6.45, 7) is 9.54. The van der Waals surface area contributed by atoms with E-state index < -0.39 is 0 Å². The Balaban J connectivity index is 2.54. The number of hydrogen-bond acceptors (Lipinski definition) is 0. The van der Waals surface area contributed by atoms with Crippen LogP contribution in [0.5, 0.6) is 0 Å². The minimum Gasteiger partial charge on any atom is -0.0880 e. The molecule has 0 radical (unpaired) electrons. The third kappa shape index (κ3) is 4.86. The van der Waals surface area contributed by atoms with Crippen molar-refractivity contribution in [2.75, 3.05) is 0 Å². The molecule has 1 rings (SSSR count). The van der Waals surface area contributed by atoms with Crippen molar-refractivity contribution in [1.82, 2.24) is 0 Å². The molecule has 0 amide bonds. The monoisotopic (exact) mass is 208 g/mol. The molecule has 88 valence electrons. The summed E-state index contributed by atoms with van der Waals surface area (Å²) in [5.74, 6) is 3.50. The molecule has 0 fully saturated rings. The molecule has 0 bridgehead atoms. The highest BCUT2D eigenvalue weighted by molar-refractivity contribution is 4.89. The molecule has 0 nitrogen and oxygen atoms in total. The second kappa shape index (κ2) is 6.35. The molecule has 0 saturated carbocycles. The average Bonchev–Trinajstić information content (AvgIpc) is 2.16. The Morgan fingerprint density at radius 1 is 1.00 bits per heavy atom. The van der Waals surface area contributed by atoms with E-state index in [1.54, 1.807) is 0 Å². The largest absolute Gasteiger partial charge is 0.0880 e. The van der Waals surface area contributed by atoms with E-state index in [1.165, 1.54) is 32.1 Å². The van der Waals surface area contributed by atoms with Crippen LogP contribution >= 0.6 is 0 Å². The molecular formula is C15H28. The predicted molar refractivity (Wildman–Crippen MR) is 68.9 cm³/mol. The molecule has 0 heterocycles. The number of rotatable bonds is 1. The first-order chi connectivity index (χ1) is 7.09. The summed E-state index contributed by atoms with van der Waals surface area (Å²) in [5, 5.41) is 0. The predicted octanol–water partition coefficient (Wildman–Crippen LogP) is 5.05. The minimum atomic E-state index is 0.788. The van der Waals surface area contributed by atoms with E-state index in [0.717, 1.165) is 23.7 Å². The quantitative estimate of drug-likeness (QED) is 0.529. The van der Waals surface area contributed by atoms with Crippen LogP contribution < -0.4 is 0 Å². The minimum absolute atomic E-state index is 0.788. The second-order valence-corrected chi connectivity index (χ2v) is 5.91. The maximum Gasteiger partial charge on any atom is -0.0262 e. The molecular weight excluding hydrogens is 180 g/mol. The van der Waals surface area contributed by atoms with E-state index in [4.69, 9.17) is 0 Å².